The maximum atomic E-state index is 13.1. The van der Waals surface area contributed by atoms with Crippen molar-refractivity contribution < 1.29 is 24.3 Å². The number of hydrazone groups is 1. The standard InChI is InChI=1S/C20H23N3O4S/c1-26-17-5-2-4-14(20(17)25)16-12-15(18-6-3-11-28-18)21-23(16)19(24)13-22-7-9-27-10-8-22/h2-6,11,16,25H,7-10,12-13H2,1H3/p+1/t16-/m1/s1. The van der Waals surface area contributed by atoms with E-state index in [1.807, 2.05) is 29.6 Å². The number of phenolic OH excluding ortho intramolecular Hbond substituents is 1. The van der Waals surface area contributed by atoms with Crippen molar-refractivity contribution >= 4 is 23.0 Å². The molecule has 1 saturated heterocycles. The number of aromatic hydroxyl groups is 1. The summed E-state index contributed by atoms with van der Waals surface area (Å²) in [6.07, 6.45) is 0.561. The summed E-state index contributed by atoms with van der Waals surface area (Å²) in [6.45, 7) is 3.34. The number of methoxy groups -OCH3 is 1. The Bertz CT molecular complexity index is 862. The van der Waals surface area contributed by atoms with Gasteiger partial charge in [0.2, 0.25) is 0 Å². The van der Waals surface area contributed by atoms with Crippen LogP contribution in [0.5, 0.6) is 11.5 Å². The monoisotopic (exact) mass is 402 g/mol. The van der Waals surface area contributed by atoms with Gasteiger partial charge in [-0.05, 0) is 17.5 Å². The van der Waals surface area contributed by atoms with Crippen LogP contribution in [0.15, 0.2) is 40.8 Å². The Balaban J connectivity index is 1.63. The maximum absolute atomic E-state index is 13.1. The van der Waals surface area contributed by atoms with E-state index in [4.69, 9.17) is 9.47 Å². The minimum atomic E-state index is -0.347. The Morgan fingerprint density at radius 1 is 1.36 bits per heavy atom. The molecule has 0 saturated carbocycles. The second-order valence-corrected chi connectivity index (χ2v) is 7.87. The molecule has 0 bridgehead atoms. The quantitative estimate of drug-likeness (QED) is 0.784. The fourth-order valence-corrected chi connectivity index (χ4v) is 4.40. The molecule has 3 heterocycles. The van der Waals surface area contributed by atoms with Gasteiger partial charge in [0.25, 0.3) is 5.91 Å². The number of morpholine rings is 1. The van der Waals surface area contributed by atoms with E-state index in [-0.39, 0.29) is 17.7 Å². The number of ether oxygens (including phenoxy) is 2. The molecular formula is C20H24N3O4S+. The number of carbonyl (C=O) groups is 1. The van der Waals surface area contributed by atoms with Crippen molar-refractivity contribution in [3.63, 3.8) is 0 Å². The van der Waals surface area contributed by atoms with Gasteiger partial charge in [-0.1, -0.05) is 18.2 Å². The van der Waals surface area contributed by atoms with Crippen molar-refractivity contribution in [3.8, 4) is 11.5 Å². The molecule has 2 N–H and O–H groups in total. The first kappa shape index (κ1) is 18.9. The van der Waals surface area contributed by atoms with E-state index in [0.717, 1.165) is 23.7 Å². The molecule has 0 unspecified atom stereocenters. The minimum absolute atomic E-state index is 0.0457. The molecule has 0 spiro atoms. The molecule has 1 fully saturated rings. The highest BCUT2D eigenvalue weighted by atomic mass is 32.1. The molecule has 2 aromatic rings. The van der Waals surface area contributed by atoms with Crippen LogP contribution in [0.4, 0.5) is 0 Å². The highest BCUT2D eigenvalue weighted by Crippen LogP contribution is 2.41. The van der Waals surface area contributed by atoms with Crippen LogP contribution in [0.2, 0.25) is 0 Å². The molecule has 0 aliphatic carbocycles. The minimum Gasteiger partial charge on any atom is -0.504 e. The number of benzene rings is 1. The molecule has 7 nitrogen and oxygen atoms in total. The van der Waals surface area contributed by atoms with Gasteiger partial charge in [0, 0.05) is 12.0 Å². The SMILES string of the molecule is COc1cccc([C@H]2CC(c3cccs3)=NN2C(=O)C[NH+]2CCOCC2)c1O. The van der Waals surface area contributed by atoms with E-state index in [1.54, 1.807) is 22.4 Å². The summed E-state index contributed by atoms with van der Waals surface area (Å²) in [6, 6.07) is 9.00. The number of para-hydroxylation sites is 1. The van der Waals surface area contributed by atoms with Gasteiger partial charge in [-0.25, -0.2) is 5.01 Å². The normalized spacial score (nSPS) is 20.2. The van der Waals surface area contributed by atoms with E-state index in [9.17, 15) is 9.90 Å². The molecule has 4 rings (SSSR count). The molecule has 1 aromatic heterocycles. The lowest BCUT2D eigenvalue weighted by molar-refractivity contribution is -0.900. The third-order valence-electron chi connectivity index (χ3n) is 5.18. The average Bonchev–Trinajstić information content (AvgIpc) is 3.39. The van der Waals surface area contributed by atoms with Gasteiger partial charge < -0.3 is 19.5 Å². The summed E-state index contributed by atoms with van der Waals surface area (Å²) in [5.74, 6) is 0.415. The Morgan fingerprint density at radius 3 is 2.89 bits per heavy atom. The maximum Gasteiger partial charge on any atom is 0.298 e. The molecule has 2 aliphatic heterocycles. The third kappa shape index (κ3) is 3.76. The first-order chi connectivity index (χ1) is 13.7. The van der Waals surface area contributed by atoms with Crippen molar-refractivity contribution in [2.24, 2.45) is 5.10 Å². The number of hydrogen-bond donors (Lipinski definition) is 2. The van der Waals surface area contributed by atoms with Crippen molar-refractivity contribution in [1.82, 2.24) is 5.01 Å². The van der Waals surface area contributed by atoms with Gasteiger partial charge >= 0.3 is 0 Å². The van der Waals surface area contributed by atoms with Gasteiger partial charge in [0.15, 0.2) is 18.0 Å². The van der Waals surface area contributed by atoms with Crippen LogP contribution in [0.25, 0.3) is 0 Å². The Kier molecular flexibility index (Phi) is 5.61. The van der Waals surface area contributed by atoms with Crippen molar-refractivity contribution in [2.75, 3.05) is 40.0 Å². The average molecular weight is 402 g/mol. The largest absolute Gasteiger partial charge is 0.504 e. The first-order valence-corrected chi connectivity index (χ1v) is 10.3. The number of phenols is 1. The summed E-state index contributed by atoms with van der Waals surface area (Å²) >= 11 is 1.60. The fraction of sp³-hybridized carbons (Fsp3) is 0.400. The van der Waals surface area contributed by atoms with Gasteiger partial charge in [-0.3, -0.25) is 4.79 Å². The zero-order valence-corrected chi connectivity index (χ0v) is 16.6. The predicted molar refractivity (Wildman–Crippen MR) is 106 cm³/mol. The van der Waals surface area contributed by atoms with E-state index < -0.39 is 0 Å². The van der Waals surface area contributed by atoms with Crippen LogP contribution < -0.4 is 9.64 Å². The molecule has 28 heavy (non-hydrogen) atoms. The van der Waals surface area contributed by atoms with E-state index in [2.05, 4.69) is 5.10 Å². The number of nitrogens with zero attached hydrogens (tertiary/aromatic N) is 2. The van der Waals surface area contributed by atoms with Crippen LogP contribution in [0.1, 0.15) is 22.9 Å². The summed E-state index contributed by atoms with van der Waals surface area (Å²) in [5, 5.41) is 18.9. The van der Waals surface area contributed by atoms with Crippen LogP contribution in [0, 0.1) is 0 Å². The number of rotatable bonds is 5. The van der Waals surface area contributed by atoms with Gasteiger partial charge in [0.1, 0.15) is 13.1 Å². The number of amides is 1. The third-order valence-corrected chi connectivity index (χ3v) is 6.10. The fourth-order valence-electron chi connectivity index (χ4n) is 3.68. The Labute approximate surface area is 167 Å². The van der Waals surface area contributed by atoms with Crippen LogP contribution in [0.3, 0.4) is 0 Å². The summed E-state index contributed by atoms with van der Waals surface area (Å²) in [7, 11) is 1.52. The van der Waals surface area contributed by atoms with E-state index in [1.165, 1.54) is 12.0 Å². The lowest BCUT2D eigenvalue weighted by atomic mass is 9.99. The number of thiophene rings is 1. The second kappa shape index (κ2) is 8.30. The Hall–Kier alpha value is -2.42. The van der Waals surface area contributed by atoms with Crippen LogP contribution >= 0.6 is 11.3 Å². The number of nitrogens with one attached hydrogen (secondary N) is 1. The summed E-state index contributed by atoms with van der Waals surface area (Å²) < 4.78 is 10.6. The predicted octanol–water partition coefficient (Wildman–Crippen LogP) is 1.06. The van der Waals surface area contributed by atoms with Crippen LogP contribution in [-0.2, 0) is 9.53 Å². The highest BCUT2D eigenvalue weighted by molar-refractivity contribution is 7.12. The van der Waals surface area contributed by atoms with Crippen molar-refractivity contribution in [2.45, 2.75) is 12.5 Å². The zero-order chi connectivity index (χ0) is 19.5. The molecule has 0 radical (unpaired) electrons. The zero-order valence-electron chi connectivity index (χ0n) is 15.8. The highest BCUT2D eigenvalue weighted by Gasteiger charge is 2.37. The molecule has 1 amide bonds. The van der Waals surface area contributed by atoms with Crippen molar-refractivity contribution in [1.29, 1.82) is 0 Å². The number of hydrogen-bond acceptors (Lipinski definition) is 6. The summed E-state index contributed by atoms with van der Waals surface area (Å²) in [5.41, 5.74) is 1.52. The summed E-state index contributed by atoms with van der Waals surface area (Å²) in [4.78, 5) is 15.4. The van der Waals surface area contributed by atoms with Crippen LogP contribution in [-0.4, -0.2) is 61.7 Å². The lowest BCUT2D eigenvalue weighted by Crippen LogP contribution is -3.15. The molecule has 1 atom stereocenters. The Morgan fingerprint density at radius 2 is 2.18 bits per heavy atom. The lowest BCUT2D eigenvalue weighted by Gasteiger charge is -2.27. The van der Waals surface area contributed by atoms with E-state index in [0.29, 0.717) is 37.5 Å². The number of quaternary nitrogens is 1. The molecule has 2 aliphatic rings. The molecular weight excluding hydrogens is 378 g/mol. The van der Waals surface area contributed by atoms with Crippen molar-refractivity contribution in [3.05, 3.63) is 46.2 Å². The second-order valence-electron chi connectivity index (χ2n) is 6.92. The van der Waals surface area contributed by atoms with Gasteiger partial charge in [-0.15, -0.1) is 11.3 Å². The molecule has 8 heteroatoms. The smallest absolute Gasteiger partial charge is 0.298 e. The number of carbonyl (C=O) groups excluding carboxylic acids is 1. The van der Waals surface area contributed by atoms with Gasteiger partial charge in [-0.2, -0.15) is 5.10 Å². The first-order valence-electron chi connectivity index (χ1n) is 9.38. The molecule has 148 valence electrons. The topological polar surface area (TPSA) is 75.8 Å². The van der Waals surface area contributed by atoms with E-state index >= 15 is 0 Å². The molecule has 1 aromatic carbocycles. The van der Waals surface area contributed by atoms with Gasteiger partial charge in [0.05, 0.1) is 37.0 Å².